The lowest BCUT2D eigenvalue weighted by Gasteiger charge is -2.04. The zero-order valence-corrected chi connectivity index (χ0v) is 11.6. The summed E-state index contributed by atoms with van der Waals surface area (Å²) in [6.07, 6.45) is 1.36. The van der Waals surface area contributed by atoms with Crippen LogP contribution in [-0.2, 0) is 10.0 Å². The van der Waals surface area contributed by atoms with Crippen molar-refractivity contribution in [2.45, 2.75) is 11.8 Å². The lowest BCUT2D eigenvalue weighted by atomic mass is 10.5. The van der Waals surface area contributed by atoms with Gasteiger partial charge in [-0.1, -0.05) is 0 Å². The first-order chi connectivity index (χ1) is 8.38. The van der Waals surface area contributed by atoms with Gasteiger partial charge in [-0.05, 0) is 35.0 Å². The molecule has 18 heavy (non-hydrogen) atoms. The highest BCUT2D eigenvalue weighted by Crippen LogP contribution is 2.17. The van der Waals surface area contributed by atoms with E-state index < -0.39 is 15.6 Å². The van der Waals surface area contributed by atoms with Gasteiger partial charge in [-0.2, -0.15) is 0 Å². The number of rotatable bonds is 3. The molecule has 0 aliphatic carbocycles. The molecule has 96 valence electrons. The Morgan fingerprint density at radius 1 is 1.39 bits per heavy atom. The van der Waals surface area contributed by atoms with E-state index in [1.54, 1.807) is 13.0 Å². The van der Waals surface area contributed by atoms with Crippen molar-refractivity contribution in [1.29, 1.82) is 0 Å². The minimum atomic E-state index is -3.97. The smallest absolute Gasteiger partial charge is 0.269 e. The Morgan fingerprint density at radius 2 is 2.11 bits per heavy atom. The second-order valence-corrected chi connectivity index (χ2v) is 6.09. The first-order valence-electron chi connectivity index (χ1n) is 4.86. The molecule has 8 heteroatoms. The first-order valence-corrected chi connectivity index (χ1v) is 7.13. The quantitative estimate of drug-likeness (QED) is 0.896. The SMILES string of the molecule is Cc1ccc(NS(=O)(=O)c2cc(Br)c[nH]c2=O)o1. The maximum Gasteiger partial charge on any atom is 0.269 e. The van der Waals surface area contributed by atoms with E-state index in [4.69, 9.17) is 4.42 Å². The monoisotopic (exact) mass is 332 g/mol. The highest BCUT2D eigenvalue weighted by Gasteiger charge is 2.20. The van der Waals surface area contributed by atoms with Gasteiger partial charge >= 0.3 is 0 Å². The molecule has 0 atom stereocenters. The number of furan rings is 1. The molecule has 0 aliphatic heterocycles. The number of hydrogen-bond acceptors (Lipinski definition) is 4. The van der Waals surface area contributed by atoms with Gasteiger partial charge in [0.2, 0.25) is 5.88 Å². The van der Waals surface area contributed by atoms with Crippen LogP contribution in [0.4, 0.5) is 5.88 Å². The number of anilines is 1. The Hall–Kier alpha value is -1.54. The molecule has 2 heterocycles. The topological polar surface area (TPSA) is 92.2 Å². The summed E-state index contributed by atoms with van der Waals surface area (Å²) in [6, 6.07) is 4.30. The minimum Gasteiger partial charge on any atom is -0.445 e. The Kier molecular flexibility index (Phi) is 3.31. The molecule has 0 spiro atoms. The molecule has 2 aromatic rings. The van der Waals surface area contributed by atoms with E-state index in [9.17, 15) is 13.2 Å². The molecule has 0 aliphatic rings. The summed E-state index contributed by atoms with van der Waals surface area (Å²) in [6.45, 7) is 1.68. The predicted octanol–water partition coefficient (Wildman–Crippen LogP) is 1.84. The third kappa shape index (κ3) is 2.65. The van der Waals surface area contributed by atoms with E-state index in [-0.39, 0.29) is 10.8 Å². The van der Waals surface area contributed by atoms with Crippen LogP contribution in [0.1, 0.15) is 5.76 Å². The molecule has 0 radical (unpaired) electrons. The normalized spacial score (nSPS) is 11.4. The van der Waals surface area contributed by atoms with Crippen LogP contribution < -0.4 is 10.3 Å². The average molecular weight is 333 g/mol. The lowest BCUT2D eigenvalue weighted by molar-refractivity contribution is 0.548. The van der Waals surface area contributed by atoms with Gasteiger partial charge in [0, 0.05) is 16.7 Å². The van der Waals surface area contributed by atoms with E-state index in [0.717, 1.165) is 0 Å². The van der Waals surface area contributed by atoms with Crippen LogP contribution in [-0.4, -0.2) is 13.4 Å². The lowest BCUT2D eigenvalue weighted by Crippen LogP contribution is -2.22. The van der Waals surface area contributed by atoms with Crippen LogP contribution >= 0.6 is 15.9 Å². The highest BCUT2D eigenvalue weighted by molar-refractivity contribution is 9.10. The van der Waals surface area contributed by atoms with Gasteiger partial charge in [0.05, 0.1) is 0 Å². The van der Waals surface area contributed by atoms with Crippen molar-refractivity contribution < 1.29 is 12.8 Å². The summed E-state index contributed by atoms with van der Waals surface area (Å²) in [4.78, 5) is 13.4. The van der Waals surface area contributed by atoms with Crippen LogP contribution in [0.2, 0.25) is 0 Å². The fourth-order valence-corrected chi connectivity index (χ4v) is 2.88. The summed E-state index contributed by atoms with van der Waals surface area (Å²) in [7, 11) is -3.97. The third-order valence-corrected chi connectivity index (χ3v) is 3.91. The highest BCUT2D eigenvalue weighted by atomic mass is 79.9. The number of aromatic nitrogens is 1. The molecule has 0 saturated heterocycles. The number of hydrogen-bond donors (Lipinski definition) is 2. The fourth-order valence-electron chi connectivity index (χ4n) is 1.31. The van der Waals surface area contributed by atoms with E-state index in [1.807, 2.05) is 0 Å². The number of H-pyrrole nitrogens is 1. The Bertz CT molecular complexity index is 732. The van der Waals surface area contributed by atoms with Crippen molar-refractivity contribution in [2.24, 2.45) is 0 Å². The van der Waals surface area contributed by atoms with E-state index in [2.05, 4.69) is 25.6 Å². The van der Waals surface area contributed by atoms with Gasteiger partial charge < -0.3 is 9.40 Å². The zero-order valence-electron chi connectivity index (χ0n) is 9.23. The van der Waals surface area contributed by atoms with Crippen LogP contribution in [0.15, 0.2) is 43.0 Å². The maximum atomic E-state index is 12.0. The predicted molar refractivity (Wildman–Crippen MR) is 69.0 cm³/mol. The zero-order chi connectivity index (χ0) is 13.3. The van der Waals surface area contributed by atoms with E-state index >= 15 is 0 Å². The second-order valence-electron chi connectivity index (χ2n) is 3.53. The first kappa shape index (κ1) is 12.9. The van der Waals surface area contributed by atoms with Gasteiger partial charge in [-0.25, -0.2) is 13.1 Å². The van der Waals surface area contributed by atoms with Gasteiger partial charge in [0.25, 0.3) is 15.6 Å². The fraction of sp³-hybridized carbons (Fsp3) is 0.100. The largest absolute Gasteiger partial charge is 0.445 e. The molecule has 0 aromatic carbocycles. The number of sulfonamides is 1. The molecule has 2 aromatic heterocycles. The number of aryl methyl sites for hydroxylation is 1. The Morgan fingerprint density at radius 3 is 2.72 bits per heavy atom. The van der Waals surface area contributed by atoms with Gasteiger partial charge in [-0.3, -0.25) is 4.79 Å². The number of halogens is 1. The van der Waals surface area contributed by atoms with Crippen LogP contribution in [0, 0.1) is 6.92 Å². The second kappa shape index (κ2) is 4.62. The number of pyridine rings is 1. The van der Waals surface area contributed by atoms with Crippen LogP contribution in [0.5, 0.6) is 0 Å². The summed E-state index contributed by atoms with van der Waals surface area (Å²) >= 11 is 3.09. The van der Waals surface area contributed by atoms with Crippen LogP contribution in [0.25, 0.3) is 0 Å². The molecule has 2 N–H and O–H groups in total. The summed E-state index contributed by atoms with van der Waals surface area (Å²) in [5.74, 6) is 0.628. The molecule has 2 rings (SSSR count). The third-order valence-electron chi connectivity index (χ3n) is 2.10. The van der Waals surface area contributed by atoms with Crippen molar-refractivity contribution in [3.05, 3.63) is 45.0 Å². The summed E-state index contributed by atoms with van der Waals surface area (Å²) < 4.78 is 31.7. The van der Waals surface area contributed by atoms with Crippen molar-refractivity contribution in [3.63, 3.8) is 0 Å². The number of nitrogens with one attached hydrogen (secondary N) is 2. The van der Waals surface area contributed by atoms with Crippen molar-refractivity contribution in [1.82, 2.24) is 4.98 Å². The summed E-state index contributed by atoms with van der Waals surface area (Å²) in [5, 5.41) is 0. The molecular formula is C10H9BrN2O4S. The molecule has 0 amide bonds. The van der Waals surface area contributed by atoms with Crippen molar-refractivity contribution in [2.75, 3.05) is 4.72 Å². The maximum absolute atomic E-state index is 12.0. The van der Waals surface area contributed by atoms with E-state index in [0.29, 0.717) is 10.2 Å². The molecular weight excluding hydrogens is 324 g/mol. The minimum absolute atomic E-state index is 0.0619. The summed E-state index contributed by atoms with van der Waals surface area (Å²) in [5.41, 5.74) is -0.700. The molecule has 0 saturated carbocycles. The number of aromatic amines is 1. The van der Waals surface area contributed by atoms with Crippen molar-refractivity contribution in [3.8, 4) is 0 Å². The standard InChI is InChI=1S/C10H9BrN2O4S/c1-6-2-3-9(17-6)13-18(15,16)8-4-7(11)5-12-10(8)14/h2-5,13H,1H3,(H,12,14). The van der Waals surface area contributed by atoms with Gasteiger partial charge in [0.15, 0.2) is 4.90 Å². The molecule has 0 fully saturated rings. The molecule has 6 nitrogen and oxygen atoms in total. The van der Waals surface area contributed by atoms with Crippen molar-refractivity contribution >= 4 is 31.8 Å². The molecule has 0 bridgehead atoms. The average Bonchev–Trinajstić information content (AvgIpc) is 2.66. The van der Waals surface area contributed by atoms with Crippen LogP contribution in [0.3, 0.4) is 0 Å². The Labute approximate surface area is 111 Å². The molecule has 0 unspecified atom stereocenters. The van der Waals surface area contributed by atoms with Gasteiger partial charge in [0.1, 0.15) is 5.76 Å². The Balaban J connectivity index is 2.42. The van der Waals surface area contributed by atoms with Gasteiger partial charge in [-0.15, -0.1) is 0 Å². The van der Waals surface area contributed by atoms with E-state index in [1.165, 1.54) is 18.3 Å².